The number of carbonyl (C=O) groups excluding carboxylic acids is 1. The topological polar surface area (TPSA) is 66.3 Å². The van der Waals surface area contributed by atoms with Crippen LogP contribution >= 0.6 is 0 Å². The number of nitrogens with one attached hydrogen (secondary N) is 1. The molecule has 0 atom stereocenters. The average Bonchev–Trinajstić information content (AvgIpc) is 3.11. The molecule has 1 aromatic heterocycles. The van der Waals surface area contributed by atoms with Crippen LogP contribution in [0.25, 0.3) is 5.69 Å². The monoisotopic (exact) mass is 376 g/mol. The van der Waals surface area contributed by atoms with Gasteiger partial charge in [-0.1, -0.05) is 23.4 Å². The molecule has 1 aliphatic heterocycles. The molecule has 7 nitrogen and oxygen atoms in total. The van der Waals surface area contributed by atoms with Gasteiger partial charge in [0, 0.05) is 37.6 Å². The number of aromatic nitrogens is 3. The lowest BCUT2D eigenvalue weighted by Gasteiger charge is -2.34. The smallest absolute Gasteiger partial charge is 0.278 e. The Morgan fingerprint density at radius 2 is 1.61 bits per heavy atom. The number of hydrogen-bond acceptors (Lipinski definition) is 5. The number of likely N-dealkylation sites (N-methyl/N-ethyl adjacent to an activating group) is 1. The van der Waals surface area contributed by atoms with E-state index in [1.165, 1.54) is 5.69 Å². The maximum atomic E-state index is 12.7. The number of piperazine rings is 1. The molecule has 144 valence electrons. The Morgan fingerprint density at radius 3 is 2.29 bits per heavy atom. The summed E-state index contributed by atoms with van der Waals surface area (Å²) in [6, 6.07) is 17.6. The van der Waals surface area contributed by atoms with Crippen molar-refractivity contribution in [3.63, 3.8) is 0 Å². The molecule has 0 aliphatic carbocycles. The number of nitrogens with zero attached hydrogens (tertiary/aromatic N) is 5. The first-order valence-corrected chi connectivity index (χ1v) is 9.44. The summed E-state index contributed by atoms with van der Waals surface area (Å²) in [5, 5.41) is 11.1. The zero-order valence-electron chi connectivity index (χ0n) is 16.2. The molecule has 1 aliphatic rings. The van der Waals surface area contributed by atoms with Crippen LogP contribution in [-0.2, 0) is 0 Å². The van der Waals surface area contributed by atoms with Crippen LogP contribution in [0.15, 0.2) is 54.6 Å². The van der Waals surface area contributed by atoms with Gasteiger partial charge in [0.05, 0.1) is 11.4 Å². The minimum absolute atomic E-state index is 0.257. The lowest BCUT2D eigenvalue weighted by atomic mass is 10.2. The van der Waals surface area contributed by atoms with Crippen LogP contribution in [0.2, 0.25) is 0 Å². The predicted molar refractivity (Wildman–Crippen MR) is 110 cm³/mol. The quantitative estimate of drug-likeness (QED) is 0.758. The highest BCUT2D eigenvalue weighted by molar-refractivity contribution is 6.03. The summed E-state index contributed by atoms with van der Waals surface area (Å²) >= 11 is 0. The molecule has 0 saturated carbocycles. The summed E-state index contributed by atoms with van der Waals surface area (Å²) < 4.78 is 1.67. The molecule has 7 heteroatoms. The highest BCUT2D eigenvalue weighted by Crippen LogP contribution is 2.20. The molecule has 1 fully saturated rings. The van der Waals surface area contributed by atoms with Gasteiger partial charge >= 0.3 is 0 Å². The van der Waals surface area contributed by atoms with E-state index >= 15 is 0 Å². The molecular formula is C21H24N6O. The molecule has 1 amide bonds. The van der Waals surface area contributed by atoms with Crippen molar-refractivity contribution in [2.75, 3.05) is 43.4 Å². The molecule has 4 rings (SSSR count). The third-order valence-electron chi connectivity index (χ3n) is 5.10. The van der Waals surface area contributed by atoms with E-state index in [4.69, 9.17) is 0 Å². The summed E-state index contributed by atoms with van der Waals surface area (Å²) in [6.45, 7) is 6.01. The molecule has 3 aromatic rings. The fourth-order valence-electron chi connectivity index (χ4n) is 3.36. The van der Waals surface area contributed by atoms with Crippen LogP contribution in [0.3, 0.4) is 0 Å². The third kappa shape index (κ3) is 3.75. The summed E-state index contributed by atoms with van der Waals surface area (Å²) in [5.41, 5.74) is 3.83. The zero-order chi connectivity index (χ0) is 19.5. The Balaban J connectivity index is 1.45. The highest BCUT2D eigenvalue weighted by atomic mass is 16.2. The molecule has 2 heterocycles. The standard InChI is InChI=1S/C21H24N6O/c1-16-20(23-24-27(16)19-6-4-3-5-7-19)21(28)22-17-8-10-18(11-9-17)26-14-12-25(2)13-15-26/h3-11H,12-15H2,1-2H3,(H,22,28). The van der Waals surface area contributed by atoms with Crippen LogP contribution in [0.5, 0.6) is 0 Å². The van der Waals surface area contributed by atoms with Gasteiger partial charge in [-0.3, -0.25) is 4.79 Å². The van der Waals surface area contributed by atoms with Crippen molar-refractivity contribution >= 4 is 17.3 Å². The molecule has 0 bridgehead atoms. The van der Waals surface area contributed by atoms with Gasteiger partial charge in [0.15, 0.2) is 5.69 Å². The summed E-state index contributed by atoms with van der Waals surface area (Å²) in [6.07, 6.45) is 0. The van der Waals surface area contributed by atoms with E-state index in [2.05, 4.69) is 44.6 Å². The molecule has 28 heavy (non-hydrogen) atoms. The number of para-hydroxylation sites is 1. The lowest BCUT2D eigenvalue weighted by Crippen LogP contribution is -2.44. The molecule has 0 radical (unpaired) electrons. The Hall–Kier alpha value is -3.19. The molecule has 2 aromatic carbocycles. The Labute approximate surface area is 164 Å². The normalized spacial score (nSPS) is 14.9. The van der Waals surface area contributed by atoms with Crippen LogP contribution in [0, 0.1) is 6.92 Å². The van der Waals surface area contributed by atoms with Gasteiger partial charge in [-0.15, -0.1) is 5.10 Å². The third-order valence-corrected chi connectivity index (χ3v) is 5.10. The average molecular weight is 376 g/mol. The van der Waals surface area contributed by atoms with Crippen LogP contribution in [-0.4, -0.2) is 59.0 Å². The first-order chi connectivity index (χ1) is 13.6. The largest absolute Gasteiger partial charge is 0.369 e. The first-order valence-electron chi connectivity index (χ1n) is 9.44. The number of carbonyl (C=O) groups is 1. The lowest BCUT2D eigenvalue weighted by molar-refractivity contribution is 0.102. The SMILES string of the molecule is Cc1c(C(=O)Nc2ccc(N3CCN(C)CC3)cc2)nnn1-c1ccccc1. The fraction of sp³-hybridized carbons (Fsp3) is 0.286. The minimum atomic E-state index is -0.257. The van der Waals surface area contributed by atoms with E-state index in [-0.39, 0.29) is 5.91 Å². The molecule has 1 saturated heterocycles. The van der Waals surface area contributed by atoms with Crippen molar-refractivity contribution < 1.29 is 4.79 Å². The molecule has 0 spiro atoms. The van der Waals surface area contributed by atoms with Crippen molar-refractivity contribution in [3.05, 3.63) is 66.0 Å². The van der Waals surface area contributed by atoms with Gasteiger partial charge in [0.2, 0.25) is 0 Å². The first kappa shape index (κ1) is 18.2. The molecule has 1 N–H and O–H groups in total. The summed E-state index contributed by atoms with van der Waals surface area (Å²) in [4.78, 5) is 17.4. The maximum Gasteiger partial charge on any atom is 0.278 e. The van der Waals surface area contributed by atoms with Gasteiger partial charge in [-0.2, -0.15) is 0 Å². The zero-order valence-corrected chi connectivity index (χ0v) is 16.2. The van der Waals surface area contributed by atoms with Crippen molar-refractivity contribution in [1.82, 2.24) is 19.9 Å². The van der Waals surface area contributed by atoms with Crippen molar-refractivity contribution in [3.8, 4) is 5.69 Å². The van der Waals surface area contributed by atoms with Crippen molar-refractivity contribution in [2.24, 2.45) is 0 Å². The predicted octanol–water partition coefficient (Wildman–Crippen LogP) is 2.58. The Bertz CT molecular complexity index is 943. The van der Waals surface area contributed by atoms with Gasteiger partial charge in [-0.05, 0) is 50.4 Å². The summed E-state index contributed by atoms with van der Waals surface area (Å²) in [5.74, 6) is -0.257. The Morgan fingerprint density at radius 1 is 0.929 bits per heavy atom. The van der Waals surface area contributed by atoms with E-state index in [9.17, 15) is 4.79 Å². The van der Waals surface area contributed by atoms with E-state index < -0.39 is 0 Å². The number of benzene rings is 2. The Kier molecular flexibility index (Phi) is 5.08. The van der Waals surface area contributed by atoms with E-state index in [0.717, 1.165) is 37.6 Å². The second-order valence-electron chi connectivity index (χ2n) is 7.06. The fourth-order valence-corrected chi connectivity index (χ4v) is 3.36. The number of anilines is 2. The molecular weight excluding hydrogens is 352 g/mol. The van der Waals surface area contributed by atoms with E-state index in [1.54, 1.807) is 4.68 Å². The van der Waals surface area contributed by atoms with Crippen LogP contribution in [0.1, 0.15) is 16.2 Å². The van der Waals surface area contributed by atoms with Gasteiger partial charge in [-0.25, -0.2) is 4.68 Å². The van der Waals surface area contributed by atoms with Crippen LogP contribution in [0.4, 0.5) is 11.4 Å². The maximum absolute atomic E-state index is 12.7. The second-order valence-corrected chi connectivity index (χ2v) is 7.06. The van der Waals surface area contributed by atoms with Crippen LogP contribution < -0.4 is 10.2 Å². The second kappa shape index (κ2) is 7.82. The van der Waals surface area contributed by atoms with Gasteiger partial charge in [0.25, 0.3) is 5.91 Å². The summed E-state index contributed by atoms with van der Waals surface area (Å²) in [7, 11) is 2.14. The van der Waals surface area contributed by atoms with Crippen molar-refractivity contribution in [2.45, 2.75) is 6.92 Å². The minimum Gasteiger partial charge on any atom is -0.369 e. The van der Waals surface area contributed by atoms with E-state index in [0.29, 0.717) is 11.4 Å². The number of rotatable bonds is 4. The van der Waals surface area contributed by atoms with E-state index in [1.807, 2.05) is 49.4 Å². The number of amides is 1. The van der Waals surface area contributed by atoms with Crippen molar-refractivity contribution in [1.29, 1.82) is 0 Å². The molecule has 0 unspecified atom stereocenters. The number of hydrogen-bond donors (Lipinski definition) is 1. The van der Waals surface area contributed by atoms with Gasteiger partial charge < -0.3 is 15.1 Å². The highest BCUT2D eigenvalue weighted by Gasteiger charge is 2.18. The van der Waals surface area contributed by atoms with Gasteiger partial charge in [0.1, 0.15) is 0 Å².